The van der Waals surface area contributed by atoms with Gasteiger partial charge in [0.05, 0.1) is 17.6 Å². The molecule has 1 aliphatic heterocycles. The maximum Gasteiger partial charge on any atom is 0.264 e. The first-order valence-electron chi connectivity index (χ1n) is 6.58. The first-order chi connectivity index (χ1) is 9.83. The Bertz CT molecular complexity index is 559. The van der Waals surface area contributed by atoms with Gasteiger partial charge in [0.15, 0.2) is 0 Å². The lowest BCUT2D eigenvalue weighted by molar-refractivity contribution is 0.0531. The molecule has 0 saturated carbocycles. The van der Waals surface area contributed by atoms with Crippen LogP contribution in [0.4, 0.5) is 0 Å². The van der Waals surface area contributed by atoms with Crippen molar-refractivity contribution in [3.63, 3.8) is 0 Å². The van der Waals surface area contributed by atoms with Crippen molar-refractivity contribution in [3.8, 4) is 5.88 Å². The summed E-state index contributed by atoms with van der Waals surface area (Å²) >= 11 is 1.48. The summed E-state index contributed by atoms with van der Waals surface area (Å²) < 4.78 is 5.79. The smallest absolute Gasteiger partial charge is 0.264 e. The highest BCUT2D eigenvalue weighted by Gasteiger charge is 2.26. The fraction of sp³-hybridized carbons (Fsp3) is 0.357. The number of likely N-dealkylation sites (tertiary alicyclic amines) is 1. The zero-order chi connectivity index (χ0) is 13.8. The molecule has 1 unspecified atom stereocenters. The molecular formula is C14H15N3O2S. The molecule has 2 aromatic heterocycles. The van der Waals surface area contributed by atoms with Gasteiger partial charge in [0.1, 0.15) is 6.10 Å². The van der Waals surface area contributed by atoms with Crippen LogP contribution in [-0.2, 0) is 0 Å². The van der Waals surface area contributed by atoms with Crippen LogP contribution in [0.5, 0.6) is 5.88 Å². The van der Waals surface area contributed by atoms with E-state index in [1.165, 1.54) is 11.3 Å². The van der Waals surface area contributed by atoms with Crippen LogP contribution >= 0.6 is 11.3 Å². The van der Waals surface area contributed by atoms with E-state index in [9.17, 15) is 4.79 Å². The maximum absolute atomic E-state index is 12.3. The second kappa shape index (κ2) is 6.00. The molecule has 1 saturated heterocycles. The molecule has 1 aliphatic rings. The Hall–Kier alpha value is -1.95. The molecule has 6 heteroatoms. The number of carbonyl (C=O) groups excluding carboxylic acids is 1. The SMILES string of the molecule is O=C(c1cccs1)N1CCCC(Oc2cnccn2)C1. The van der Waals surface area contributed by atoms with Crippen molar-refractivity contribution in [2.24, 2.45) is 0 Å². The topological polar surface area (TPSA) is 55.3 Å². The summed E-state index contributed by atoms with van der Waals surface area (Å²) in [5.74, 6) is 0.607. The van der Waals surface area contributed by atoms with E-state index >= 15 is 0 Å². The molecular weight excluding hydrogens is 274 g/mol. The van der Waals surface area contributed by atoms with Crippen molar-refractivity contribution < 1.29 is 9.53 Å². The van der Waals surface area contributed by atoms with Crippen LogP contribution in [0.25, 0.3) is 0 Å². The number of rotatable bonds is 3. The normalized spacial score (nSPS) is 18.8. The Morgan fingerprint density at radius 1 is 1.45 bits per heavy atom. The second-order valence-corrected chi connectivity index (χ2v) is 5.60. The molecule has 104 valence electrons. The highest BCUT2D eigenvalue weighted by atomic mass is 32.1. The van der Waals surface area contributed by atoms with Gasteiger partial charge in [-0.05, 0) is 24.3 Å². The van der Waals surface area contributed by atoms with Crippen LogP contribution in [0.1, 0.15) is 22.5 Å². The number of carbonyl (C=O) groups is 1. The molecule has 0 radical (unpaired) electrons. The van der Waals surface area contributed by atoms with Gasteiger partial charge in [0, 0.05) is 18.9 Å². The van der Waals surface area contributed by atoms with Gasteiger partial charge in [-0.1, -0.05) is 6.07 Å². The first-order valence-corrected chi connectivity index (χ1v) is 7.46. The Morgan fingerprint density at radius 3 is 3.15 bits per heavy atom. The lowest BCUT2D eigenvalue weighted by Crippen LogP contribution is -2.44. The summed E-state index contributed by atoms with van der Waals surface area (Å²) in [6.07, 6.45) is 6.68. The Balaban J connectivity index is 1.63. The monoisotopic (exact) mass is 289 g/mol. The zero-order valence-electron chi connectivity index (χ0n) is 10.9. The van der Waals surface area contributed by atoms with E-state index in [1.54, 1.807) is 18.6 Å². The molecule has 20 heavy (non-hydrogen) atoms. The maximum atomic E-state index is 12.3. The van der Waals surface area contributed by atoms with E-state index < -0.39 is 0 Å². The van der Waals surface area contributed by atoms with E-state index in [0.717, 1.165) is 24.3 Å². The first kappa shape index (κ1) is 13.1. The van der Waals surface area contributed by atoms with E-state index in [4.69, 9.17) is 4.74 Å². The third-order valence-electron chi connectivity index (χ3n) is 3.22. The highest BCUT2D eigenvalue weighted by Crippen LogP contribution is 2.19. The molecule has 1 fully saturated rings. The van der Waals surface area contributed by atoms with Crippen LogP contribution in [0.3, 0.4) is 0 Å². The van der Waals surface area contributed by atoms with Gasteiger partial charge >= 0.3 is 0 Å². The molecule has 0 aromatic carbocycles. The number of hydrogen-bond acceptors (Lipinski definition) is 5. The van der Waals surface area contributed by atoms with Gasteiger partial charge < -0.3 is 9.64 Å². The Labute approximate surface area is 121 Å². The third kappa shape index (κ3) is 2.96. The van der Waals surface area contributed by atoms with Crippen LogP contribution in [0, 0.1) is 0 Å². The Morgan fingerprint density at radius 2 is 2.40 bits per heavy atom. The van der Waals surface area contributed by atoms with Crippen molar-refractivity contribution in [1.29, 1.82) is 0 Å². The molecule has 1 atom stereocenters. The standard InChI is InChI=1S/C14H15N3O2S/c18-14(12-4-2-8-20-12)17-7-1-3-11(10-17)19-13-9-15-5-6-16-13/h2,4-6,8-9,11H,1,3,7,10H2. The summed E-state index contributed by atoms with van der Waals surface area (Å²) in [5, 5.41) is 1.92. The summed E-state index contributed by atoms with van der Waals surface area (Å²) in [5.41, 5.74) is 0. The lowest BCUT2D eigenvalue weighted by atomic mass is 10.1. The minimum atomic E-state index is -0.00985. The minimum absolute atomic E-state index is 0.00985. The van der Waals surface area contributed by atoms with Crippen LogP contribution in [0.15, 0.2) is 36.1 Å². The molecule has 3 heterocycles. The summed E-state index contributed by atoms with van der Waals surface area (Å²) in [6.45, 7) is 1.39. The lowest BCUT2D eigenvalue weighted by Gasteiger charge is -2.32. The predicted octanol–water partition coefficient (Wildman–Crippen LogP) is 2.22. The van der Waals surface area contributed by atoms with Crippen molar-refractivity contribution in [1.82, 2.24) is 14.9 Å². The molecule has 0 N–H and O–H groups in total. The van der Waals surface area contributed by atoms with E-state index in [1.807, 2.05) is 22.4 Å². The number of thiophene rings is 1. The molecule has 0 bridgehead atoms. The molecule has 0 spiro atoms. The van der Waals surface area contributed by atoms with Crippen LogP contribution < -0.4 is 4.74 Å². The predicted molar refractivity (Wildman–Crippen MR) is 75.9 cm³/mol. The van der Waals surface area contributed by atoms with Gasteiger partial charge in [-0.3, -0.25) is 9.78 Å². The Kier molecular flexibility index (Phi) is 3.92. The third-order valence-corrected chi connectivity index (χ3v) is 4.08. The quantitative estimate of drug-likeness (QED) is 0.869. The number of aromatic nitrogens is 2. The molecule has 2 aromatic rings. The second-order valence-electron chi connectivity index (χ2n) is 4.65. The van der Waals surface area contributed by atoms with Crippen molar-refractivity contribution in [2.75, 3.05) is 13.1 Å². The largest absolute Gasteiger partial charge is 0.471 e. The molecule has 0 aliphatic carbocycles. The molecule has 1 amide bonds. The molecule has 5 nitrogen and oxygen atoms in total. The summed E-state index contributed by atoms with van der Waals surface area (Å²) in [4.78, 5) is 23.0. The van der Waals surface area contributed by atoms with Crippen LogP contribution in [0.2, 0.25) is 0 Å². The zero-order valence-corrected chi connectivity index (χ0v) is 11.8. The number of ether oxygens (including phenoxy) is 1. The summed E-state index contributed by atoms with van der Waals surface area (Å²) in [6, 6.07) is 3.76. The van der Waals surface area contributed by atoms with Gasteiger partial charge in [-0.2, -0.15) is 0 Å². The van der Waals surface area contributed by atoms with Crippen molar-refractivity contribution >= 4 is 17.2 Å². The van der Waals surface area contributed by atoms with E-state index in [-0.39, 0.29) is 12.0 Å². The van der Waals surface area contributed by atoms with Gasteiger partial charge in [0.2, 0.25) is 5.88 Å². The van der Waals surface area contributed by atoms with Crippen LogP contribution in [-0.4, -0.2) is 40.0 Å². The summed E-state index contributed by atoms with van der Waals surface area (Å²) in [7, 11) is 0. The van der Waals surface area contributed by atoms with Crippen molar-refractivity contribution in [3.05, 3.63) is 41.0 Å². The average molecular weight is 289 g/mol. The van der Waals surface area contributed by atoms with E-state index in [0.29, 0.717) is 12.4 Å². The fourth-order valence-electron chi connectivity index (χ4n) is 2.29. The van der Waals surface area contributed by atoms with Gasteiger partial charge in [-0.25, -0.2) is 4.98 Å². The fourth-order valence-corrected chi connectivity index (χ4v) is 2.98. The highest BCUT2D eigenvalue weighted by molar-refractivity contribution is 7.12. The number of hydrogen-bond donors (Lipinski definition) is 0. The van der Waals surface area contributed by atoms with E-state index in [2.05, 4.69) is 9.97 Å². The number of piperidine rings is 1. The van der Waals surface area contributed by atoms with Crippen molar-refractivity contribution in [2.45, 2.75) is 18.9 Å². The average Bonchev–Trinajstić information content (AvgIpc) is 3.02. The van der Waals surface area contributed by atoms with Gasteiger partial charge in [-0.15, -0.1) is 11.3 Å². The molecule has 3 rings (SSSR count). The minimum Gasteiger partial charge on any atom is -0.471 e. The number of nitrogens with zero attached hydrogens (tertiary/aromatic N) is 3. The van der Waals surface area contributed by atoms with Gasteiger partial charge in [0.25, 0.3) is 5.91 Å². The number of amides is 1.